The van der Waals surface area contributed by atoms with E-state index in [1.54, 1.807) is 36.4 Å². The summed E-state index contributed by atoms with van der Waals surface area (Å²) in [6.45, 7) is 3.27. The van der Waals surface area contributed by atoms with Crippen LogP contribution in [0, 0.1) is 0 Å². The number of esters is 1. The van der Waals surface area contributed by atoms with Gasteiger partial charge in [0.1, 0.15) is 5.75 Å². The zero-order valence-corrected chi connectivity index (χ0v) is 17.8. The third-order valence-electron chi connectivity index (χ3n) is 4.34. The molecule has 2 N–H and O–H groups in total. The van der Waals surface area contributed by atoms with E-state index in [2.05, 4.69) is 15.4 Å². The Balaban J connectivity index is 1.92. The third-order valence-corrected chi connectivity index (χ3v) is 4.34. The molecule has 2 aromatic carbocycles. The standard InChI is InChI=1S/C23H26N2O6/c1-4-5-21(27)25-18-10-11-20(19(12-18)15(2)26)31-14-22(28)24-13-16-6-8-17(9-7-16)23(29)30-3/h6-12H,4-5,13-14H2,1-3H3,(H,24,28)(H,25,27). The van der Waals surface area contributed by atoms with E-state index < -0.39 is 5.97 Å². The smallest absolute Gasteiger partial charge is 0.337 e. The molecule has 31 heavy (non-hydrogen) atoms. The molecule has 0 saturated heterocycles. The topological polar surface area (TPSA) is 111 Å². The number of ether oxygens (including phenoxy) is 2. The van der Waals surface area contributed by atoms with Gasteiger partial charge in [-0.1, -0.05) is 19.1 Å². The van der Waals surface area contributed by atoms with Crippen LogP contribution in [0.25, 0.3) is 0 Å². The molecule has 2 aromatic rings. The van der Waals surface area contributed by atoms with Crippen molar-refractivity contribution in [2.75, 3.05) is 19.0 Å². The Morgan fingerprint density at radius 2 is 1.68 bits per heavy atom. The Labute approximate surface area is 180 Å². The summed E-state index contributed by atoms with van der Waals surface area (Å²) in [6, 6.07) is 11.4. The molecular formula is C23H26N2O6. The summed E-state index contributed by atoms with van der Waals surface area (Å²) in [7, 11) is 1.31. The lowest BCUT2D eigenvalue weighted by Crippen LogP contribution is -2.28. The van der Waals surface area contributed by atoms with E-state index in [0.29, 0.717) is 17.7 Å². The van der Waals surface area contributed by atoms with Crippen LogP contribution in [0.3, 0.4) is 0 Å². The van der Waals surface area contributed by atoms with Crippen molar-refractivity contribution in [1.29, 1.82) is 0 Å². The number of nitrogens with one attached hydrogen (secondary N) is 2. The van der Waals surface area contributed by atoms with Crippen LogP contribution in [-0.4, -0.2) is 37.3 Å². The Morgan fingerprint density at radius 3 is 2.29 bits per heavy atom. The van der Waals surface area contributed by atoms with Crippen LogP contribution < -0.4 is 15.4 Å². The average molecular weight is 426 g/mol. The molecule has 8 nitrogen and oxygen atoms in total. The summed E-state index contributed by atoms with van der Waals surface area (Å²) in [5, 5.41) is 5.44. The van der Waals surface area contributed by atoms with Crippen molar-refractivity contribution in [3.05, 3.63) is 59.2 Å². The molecule has 0 atom stereocenters. The van der Waals surface area contributed by atoms with Gasteiger partial charge in [0.25, 0.3) is 5.91 Å². The second-order valence-corrected chi connectivity index (χ2v) is 6.82. The Bertz CT molecular complexity index is 953. The number of rotatable bonds is 10. The van der Waals surface area contributed by atoms with Crippen molar-refractivity contribution in [3.8, 4) is 5.75 Å². The third kappa shape index (κ3) is 7.26. The molecule has 8 heteroatoms. The number of Topliss-reactive ketones (excluding diaryl/α,β-unsaturated/α-hetero) is 1. The maximum absolute atomic E-state index is 12.1. The zero-order chi connectivity index (χ0) is 22.8. The van der Waals surface area contributed by atoms with Gasteiger partial charge in [0, 0.05) is 18.7 Å². The lowest BCUT2D eigenvalue weighted by molar-refractivity contribution is -0.123. The maximum Gasteiger partial charge on any atom is 0.337 e. The number of anilines is 1. The number of methoxy groups -OCH3 is 1. The molecular weight excluding hydrogens is 400 g/mol. The number of amides is 2. The molecule has 2 rings (SSSR count). The number of benzene rings is 2. The van der Waals surface area contributed by atoms with Crippen molar-refractivity contribution >= 4 is 29.3 Å². The summed E-state index contributed by atoms with van der Waals surface area (Å²) in [5.74, 6) is -0.913. The molecule has 0 aromatic heterocycles. The van der Waals surface area contributed by atoms with Crippen LogP contribution in [0.2, 0.25) is 0 Å². The highest BCUT2D eigenvalue weighted by atomic mass is 16.5. The summed E-state index contributed by atoms with van der Waals surface area (Å²) in [4.78, 5) is 47.3. The van der Waals surface area contributed by atoms with E-state index >= 15 is 0 Å². The van der Waals surface area contributed by atoms with Crippen LogP contribution >= 0.6 is 0 Å². The van der Waals surface area contributed by atoms with Gasteiger partial charge in [-0.25, -0.2) is 4.79 Å². The highest BCUT2D eigenvalue weighted by molar-refractivity contribution is 5.99. The van der Waals surface area contributed by atoms with Crippen molar-refractivity contribution in [3.63, 3.8) is 0 Å². The van der Waals surface area contributed by atoms with Gasteiger partial charge in [-0.15, -0.1) is 0 Å². The molecule has 164 valence electrons. The zero-order valence-electron chi connectivity index (χ0n) is 17.8. The lowest BCUT2D eigenvalue weighted by atomic mass is 10.1. The van der Waals surface area contributed by atoms with Gasteiger partial charge in [0.15, 0.2) is 12.4 Å². The largest absolute Gasteiger partial charge is 0.483 e. The summed E-state index contributed by atoms with van der Waals surface area (Å²) >= 11 is 0. The Morgan fingerprint density at radius 1 is 0.968 bits per heavy atom. The first-order chi connectivity index (χ1) is 14.8. The highest BCUT2D eigenvalue weighted by Crippen LogP contribution is 2.23. The molecule has 0 unspecified atom stereocenters. The van der Waals surface area contributed by atoms with Gasteiger partial charge in [0.05, 0.1) is 18.2 Å². The molecule has 0 aliphatic heterocycles. The van der Waals surface area contributed by atoms with E-state index in [0.717, 1.165) is 12.0 Å². The second-order valence-electron chi connectivity index (χ2n) is 6.82. The molecule has 0 aliphatic rings. The number of ketones is 1. The van der Waals surface area contributed by atoms with E-state index in [-0.39, 0.29) is 42.1 Å². The van der Waals surface area contributed by atoms with E-state index in [9.17, 15) is 19.2 Å². The molecule has 2 amide bonds. The number of hydrogen-bond donors (Lipinski definition) is 2. The summed E-state index contributed by atoms with van der Waals surface area (Å²) < 4.78 is 10.2. The predicted octanol–water partition coefficient (Wildman–Crippen LogP) is 3.11. The molecule has 0 bridgehead atoms. The minimum Gasteiger partial charge on any atom is -0.483 e. The number of hydrogen-bond acceptors (Lipinski definition) is 6. The maximum atomic E-state index is 12.1. The molecule has 0 saturated carbocycles. The van der Waals surface area contributed by atoms with Gasteiger partial charge < -0.3 is 20.1 Å². The first-order valence-electron chi connectivity index (χ1n) is 9.85. The summed E-state index contributed by atoms with van der Waals surface area (Å²) in [5.41, 5.74) is 2.00. The van der Waals surface area contributed by atoms with Crippen molar-refractivity contribution in [2.45, 2.75) is 33.2 Å². The fourth-order valence-corrected chi connectivity index (χ4v) is 2.73. The first kappa shape index (κ1) is 23.6. The van der Waals surface area contributed by atoms with Gasteiger partial charge >= 0.3 is 5.97 Å². The van der Waals surface area contributed by atoms with Crippen LogP contribution in [0.15, 0.2) is 42.5 Å². The molecule has 0 spiro atoms. The quantitative estimate of drug-likeness (QED) is 0.446. The average Bonchev–Trinajstić information content (AvgIpc) is 2.76. The number of carbonyl (C=O) groups excluding carboxylic acids is 4. The Hall–Kier alpha value is -3.68. The van der Waals surface area contributed by atoms with Gasteiger partial charge in [-0.05, 0) is 49.2 Å². The van der Waals surface area contributed by atoms with Crippen LogP contribution in [0.4, 0.5) is 5.69 Å². The van der Waals surface area contributed by atoms with Crippen LogP contribution in [0.5, 0.6) is 5.75 Å². The van der Waals surface area contributed by atoms with Crippen molar-refractivity contribution < 1.29 is 28.7 Å². The fraction of sp³-hybridized carbons (Fsp3) is 0.304. The predicted molar refractivity (Wildman–Crippen MR) is 115 cm³/mol. The van der Waals surface area contributed by atoms with E-state index in [1.165, 1.54) is 20.1 Å². The molecule has 0 fully saturated rings. The van der Waals surface area contributed by atoms with Crippen molar-refractivity contribution in [2.24, 2.45) is 0 Å². The van der Waals surface area contributed by atoms with E-state index in [1.807, 2.05) is 6.92 Å². The van der Waals surface area contributed by atoms with Crippen LogP contribution in [0.1, 0.15) is 53.0 Å². The first-order valence-corrected chi connectivity index (χ1v) is 9.85. The monoisotopic (exact) mass is 426 g/mol. The lowest BCUT2D eigenvalue weighted by Gasteiger charge is -2.12. The van der Waals surface area contributed by atoms with Gasteiger partial charge in [0.2, 0.25) is 5.91 Å². The highest BCUT2D eigenvalue weighted by Gasteiger charge is 2.13. The van der Waals surface area contributed by atoms with Gasteiger partial charge in [-0.3, -0.25) is 14.4 Å². The summed E-state index contributed by atoms with van der Waals surface area (Å²) in [6.07, 6.45) is 1.11. The second kappa shape index (κ2) is 11.5. The molecule has 0 aliphatic carbocycles. The SMILES string of the molecule is CCCC(=O)Nc1ccc(OCC(=O)NCc2ccc(C(=O)OC)cc2)c(C(C)=O)c1. The van der Waals surface area contributed by atoms with Crippen molar-refractivity contribution in [1.82, 2.24) is 5.32 Å². The van der Waals surface area contributed by atoms with Gasteiger partial charge in [-0.2, -0.15) is 0 Å². The molecule has 0 radical (unpaired) electrons. The fourth-order valence-electron chi connectivity index (χ4n) is 2.73. The Kier molecular flexibility index (Phi) is 8.75. The van der Waals surface area contributed by atoms with Crippen LogP contribution in [-0.2, 0) is 20.9 Å². The minimum atomic E-state index is -0.429. The minimum absolute atomic E-state index is 0.135. The molecule has 0 heterocycles. The number of carbonyl (C=O) groups is 4. The van der Waals surface area contributed by atoms with E-state index in [4.69, 9.17) is 4.74 Å². The normalized spacial score (nSPS) is 10.2.